The standard InChI is InChI=1S/C17H18N2/c1-17(2,3)14-8-6-12(7-9-14)15-11-13-5-4-10-18-16(13)19-15/h4-10H,11H2,1-3H3. The van der Waals surface area contributed by atoms with Crippen molar-refractivity contribution in [2.45, 2.75) is 32.6 Å². The Labute approximate surface area is 114 Å². The molecule has 0 spiro atoms. The molecule has 2 heteroatoms. The van der Waals surface area contributed by atoms with Crippen LogP contribution in [-0.2, 0) is 11.8 Å². The first-order chi connectivity index (χ1) is 9.04. The van der Waals surface area contributed by atoms with Gasteiger partial charge in [-0.25, -0.2) is 9.98 Å². The number of rotatable bonds is 1. The van der Waals surface area contributed by atoms with E-state index in [1.165, 1.54) is 16.7 Å². The van der Waals surface area contributed by atoms with E-state index in [0.717, 1.165) is 18.0 Å². The first-order valence-electron chi connectivity index (χ1n) is 6.66. The van der Waals surface area contributed by atoms with Crippen molar-refractivity contribution in [3.63, 3.8) is 0 Å². The number of nitrogens with zero attached hydrogens (tertiary/aromatic N) is 2. The second kappa shape index (κ2) is 4.30. The third-order valence-corrected chi connectivity index (χ3v) is 3.55. The van der Waals surface area contributed by atoms with Gasteiger partial charge in [-0.3, -0.25) is 0 Å². The Bertz CT molecular complexity index is 631. The van der Waals surface area contributed by atoms with E-state index < -0.39 is 0 Å². The predicted molar refractivity (Wildman–Crippen MR) is 79.3 cm³/mol. The number of aliphatic imine (C=N–C) groups is 1. The normalized spacial score (nSPS) is 14.2. The van der Waals surface area contributed by atoms with E-state index in [4.69, 9.17) is 0 Å². The van der Waals surface area contributed by atoms with Gasteiger partial charge in [-0.1, -0.05) is 51.1 Å². The molecule has 0 radical (unpaired) electrons. The van der Waals surface area contributed by atoms with Crippen LogP contribution in [0, 0.1) is 0 Å². The van der Waals surface area contributed by atoms with Crippen LogP contribution < -0.4 is 0 Å². The van der Waals surface area contributed by atoms with Crippen LogP contribution in [0.1, 0.15) is 37.5 Å². The summed E-state index contributed by atoms with van der Waals surface area (Å²) in [4.78, 5) is 8.92. The zero-order valence-electron chi connectivity index (χ0n) is 11.6. The van der Waals surface area contributed by atoms with Crippen LogP contribution in [0.15, 0.2) is 47.6 Å². The van der Waals surface area contributed by atoms with Gasteiger partial charge in [0, 0.05) is 18.2 Å². The molecule has 0 bridgehead atoms. The summed E-state index contributed by atoms with van der Waals surface area (Å²) in [5.41, 5.74) is 5.09. The summed E-state index contributed by atoms with van der Waals surface area (Å²) in [5, 5.41) is 0. The van der Waals surface area contributed by atoms with Crippen LogP contribution in [0.4, 0.5) is 5.82 Å². The lowest BCUT2D eigenvalue weighted by Gasteiger charge is -2.19. The molecule has 1 aliphatic heterocycles. The van der Waals surface area contributed by atoms with E-state index >= 15 is 0 Å². The lowest BCUT2D eigenvalue weighted by atomic mass is 9.86. The second-order valence-electron chi connectivity index (χ2n) is 6.05. The lowest BCUT2D eigenvalue weighted by molar-refractivity contribution is 0.590. The van der Waals surface area contributed by atoms with Gasteiger partial charge in [-0.15, -0.1) is 0 Å². The summed E-state index contributed by atoms with van der Waals surface area (Å²) in [6, 6.07) is 12.8. The smallest absolute Gasteiger partial charge is 0.155 e. The quantitative estimate of drug-likeness (QED) is 0.749. The molecule has 1 aliphatic rings. The van der Waals surface area contributed by atoms with Crippen molar-refractivity contribution in [3.05, 3.63) is 59.3 Å². The van der Waals surface area contributed by atoms with E-state index in [9.17, 15) is 0 Å². The van der Waals surface area contributed by atoms with Gasteiger partial charge in [0.25, 0.3) is 0 Å². The van der Waals surface area contributed by atoms with Crippen LogP contribution in [0.2, 0.25) is 0 Å². The molecule has 0 unspecified atom stereocenters. The molecule has 0 fully saturated rings. The fourth-order valence-electron chi connectivity index (χ4n) is 2.35. The van der Waals surface area contributed by atoms with E-state index in [1.807, 2.05) is 6.07 Å². The van der Waals surface area contributed by atoms with Crippen molar-refractivity contribution >= 4 is 11.5 Å². The van der Waals surface area contributed by atoms with E-state index in [1.54, 1.807) is 6.20 Å². The summed E-state index contributed by atoms with van der Waals surface area (Å²) in [7, 11) is 0. The molecule has 2 heterocycles. The topological polar surface area (TPSA) is 25.2 Å². The van der Waals surface area contributed by atoms with Gasteiger partial charge in [0.05, 0.1) is 5.71 Å². The molecule has 0 atom stereocenters. The minimum absolute atomic E-state index is 0.195. The van der Waals surface area contributed by atoms with Gasteiger partial charge < -0.3 is 0 Å². The average molecular weight is 250 g/mol. The molecule has 0 amide bonds. The van der Waals surface area contributed by atoms with Crippen LogP contribution in [-0.4, -0.2) is 10.7 Å². The summed E-state index contributed by atoms with van der Waals surface area (Å²) in [6.45, 7) is 6.69. The highest BCUT2D eigenvalue weighted by molar-refractivity contribution is 6.06. The molecule has 96 valence electrons. The molecule has 2 nitrogen and oxygen atoms in total. The molecule has 1 aromatic heterocycles. The Kier molecular flexibility index (Phi) is 2.74. The van der Waals surface area contributed by atoms with Gasteiger partial charge in [0.1, 0.15) is 0 Å². The molecular formula is C17H18N2. The average Bonchev–Trinajstić information content (AvgIpc) is 2.81. The molecule has 1 aromatic carbocycles. The van der Waals surface area contributed by atoms with Crippen molar-refractivity contribution in [2.24, 2.45) is 4.99 Å². The summed E-state index contributed by atoms with van der Waals surface area (Å²) >= 11 is 0. The van der Waals surface area contributed by atoms with E-state index in [2.05, 4.69) is 61.1 Å². The summed E-state index contributed by atoms with van der Waals surface area (Å²) < 4.78 is 0. The predicted octanol–water partition coefficient (Wildman–Crippen LogP) is 4.06. The van der Waals surface area contributed by atoms with Gasteiger partial charge in [-0.2, -0.15) is 0 Å². The number of benzene rings is 1. The minimum atomic E-state index is 0.195. The van der Waals surface area contributed by atoms with Gasteiger partial charge in [0.2, 0.25) is 0 Å². The molecule has 0 saturated heterocycles. The number of fused-ring (bicyclic) bond motifs is 1. The van der Waals surface area contributed by atoms with Crippen molar-refractivity contribution in [3.8, 4) is 0 Å². The molecular weight excluding hydrogens is 232 g/mol. The maximum absolute atomic E-state index is 4.62. The van der Waals surface area contributed by atoms with Gasteiger partial charge >= 0.3 is 0 Å². The third-order valence-electron chi connectivity index (χ3n) is 3.55. The minimum Gasteiger partial charge on any atom is -0.237 e. The maximum Gasteiger partial charge on any atom is 0.155 e. The van der Waals surface area contributed by atoms with Crippen LogP contribution in [0.25, 0.3) is 0 Å². The molecule has 0 saturated carbocycles. The third kappa shape index (κ3) is 2.30. The Morgan fingerprint density at radius 3 is 2.37 bits per heavy atom. The summed E-state index contributed by atoms with van der Waals surface area (Å²) in [5.74, 6) is 0.873. The first-order valence-corrected chi connectivity index (χ1v) is 6.66. The number of hydrogen-bond acceptors (Lipinski definition) is 2. The SMILES string of the molecule is CC(C)(C)c1ccc(C2=Nc3ncccc3C2)cc1. The van der Waals surface area contributed by atoms with Crippen molar-refractivity contribution in [2.75, 3.05) is 0 Å². The van der Waals surface area contributed by atoms with Gasteiger partial charge in [-0.05, 0) is 22.6 Å². The van der Waals surface area contributed by atoms with Crippen LogP contribution in [0.5, 0.6) is 0 Å². The second-order valence-corrected chi connectivity index (χ2v) is 6.05. The molecule has 0 aliphatic carbocycles. The number of aromatic nitrogens is 1. The summed E-state index contributed by atoms with van der Waals surface area (Å²) in [6.07, 6.45) is 2.69. The Balaban J connectivity index is 1.90. The Morgan fingerprint density at radius 1 is 1.00 bits per heavy atom. The Hall–Kier alpha value is -1.96. The van der Waals surface area contributed by atoms with Crippen molar-refractivity contribution in [1.29, 1.82) is 0 Å². The zero-order valence-corrected chi connectivity index (χ0v) is 11.6. The van der Waals surface area contributed by atoms with Crippen molar-refractivity contribution < 1.29 is 0 Å². The number of pyridine rings is 1. The number of hydrogen-bond donors (Lipinski definition) is 0. The molecule has 0 N–H and O–H groups in total. The zero-order chi connectivity index (χ0) is 13.5. The fraction of sp³-hybridized carbons (Fsp3) is 0.294. The highest BCUT2D eigenvalue weighted by atomic mass is 14.9. The Morgan fingerprint density at radius 2 is 1.74 bits per heavy atom. The largest absolute Gasteiger partial charge is 0.237 e. The van der Waals surface area contributed by atoms with Crippen LogP contribution in [0.3, 0.4) is 0 Å². The lowest BCUT2D eigenvalue weighted by Crippen LogP contribution is -2.11. The fourth-order valence-corrected chi connectivity index (χ4v) is 2.35. The van der Waals surface area contributed by atoms with E-state index in [-0.39, 0.29) is 5.41 Å². The van der Waals surface area contributed by atoms with Crippen LogP contribution >= 0.6 is 0 Å². The maximum atomic E-state index is 4.62. The highest BCUT2D eigenvalue weighted by Crippen LogP contribution is 2.27. The first kappa shape index (κ1) is 12.1. The van der Waals surface area contributed by atoms with Crippen molar-refractivity contribution in [1.82, 2.24) is 4.98 Å². The molecule has 3 rings (SSSR count). The monoisotopic (exact) mass is 250 g/mol. The van der Waals surface area contributed by atoms with E-state index in [0.29, 0.717) is 0 Å². The molecule has 19 heavy (non-hydrogen) atoms. The molecule has 2 aromatic rings. The van der Waals surface area contributed by atoms with Gasteiger partial charge in [0.15, 0.2) is 5.82 Å². The highest BCUT2D eigenvalue weighted by Gasteiger charge is 2.18.